The van der Waals surface area contributed by atoms with Crippen molar-refractivity contribution >= 4 is 17.5 Å². The standard InChI is InChI=1S/C25H25ClF3N3O2/c1-30-24(33)23(17-6-4-3-5-7-17)32-20(18-10-11-19(26)21(14-18)34-2)12-8-16-9-13-22(31-15-16)25(27,28)29/h3-7,9-11,13-15,20,23,32H,8,12H2,1-2H3,(H,30,33). The number of methoxy groups -OCH3 is 1. The van der Waals surface area contributed by atoms with Crippen LogP contribution in [0.4, 0.5) is 13.2 Å². The highest BCUT2D eigenvalue weighted by Gasteiger charge is 2.32. The Kier molecular flexibility index (Phi) is 8.52. The van der Waals surface area contributed by atoms with Crippen molar-refractivity contribution in [2.75, 3.05) is 14.2 Å². The van der Waals surface area contributed by atoms with Gasteiger partial charge in [0.05, 0.1) is 12.1 Å². The number of ether oxygens (including phenoxy) is 1. The van der Waals surface area contributed by atoms with E-state index in [1.807, 2.05) is 36.4 Å². The molecule has 180 valence electrons. The summed E-state index contributed by atoms with van der Waals surface area (Å²) in [5.74, 6) is 0.270. The largest absolute Gasteiger partial charge is 0.495 e. The number of aromatic nitrogens is 1. The molecule has 2 atom stereocenters. The Hall–Kier alpha value is -3.10. The average molecular weight is 492 g/mol. The third-order valence-corrected chi connectivity index (χ3v) is 5.74. The van der Waals surface area contributed by atoms with E-state index in [1.165, 1.54) is 19.4 Å². The van der Waals surface area contributed by atoms with Crippen molar-refractivity contribution < 1.29 is 22.7 Å². The van der Waals surface area contributed by atoms with Gasteiger partial charge >= 0.3 is 6.18 Å². The minimum absolute atomic E-state index is 0.215. The van der Waals surface area contributed by atoms with E-state index in [9.17, 15) is 18.0 Å². The van der Waals surface area contributed by atoms with E-state index < -0.39 is 17.9 Å². The second-order valence-electron chi connectivity index (χ2n) is 7.66. The molecule has 5 nitrogen and oxygen atoms in total. The molecular formula is C25H25ClF3N3O2. The fourth-order valence-electron chi connectivity index (χ4n) is 3.60. The van der Waals surface area contributed by atoms with Crippen molar-refractivity contribution in [1.82, 2.24) is 15.6 Å². The molecule has 1 aromatic heterocycles. The van der Waals surface area contributed by atoms with Crippen LogP contribution in [0.2, 0.25) is 5.02 Å². The van der Waals surface area contributed by atoms with E-state index >= 15 is 0 Å². The summed E-state index contributed by atoms with van der Waals surface area (Å²) >= 11 is 6.19. The molecule has 2 unspecified atom stereocenters. The van der Waals surface area contributed by atoms with E-state index in [1.54, 1.807) is 19.2 Å². The van der Waals surface area contributed by atoms with Gasteiger partial charge in [-0.2, -0.15) is 13.2 Å². The zero-order valence-electron chi connectivity index (χ0n) is 18.7. The normalized spacial score (nSPS) is 13.2. The monoisotopic (exact) mass is 491 g/mol. The topological polar surface area (TPSA) is 63.2 Å². The second kappa shape index (κ2) is 11.4. The Morgan fingerprint density at radius 1 is 1.09 bits per heavy atom. The Morgan fingerprint density at radius 3 is 2.41 bits per heavy atom. The zero-order valence-corrected chi connectivity index (χ0v) is 19.5. The number of alkyl halides is 3. The summed E-state index contributed by atoms with van der Waals surface area (Å²) in [4.78, 5) is 16.3. The third kappa shape index (κ3) is 6.48. The number of nitrogens with one attached hydrogen (secondary N) is 2. The van der Waals surface area contributed by atoms with Gasteiger partial charge in [0.1, 0.15) is 17.5 Å². The number of rotatable bonds is 9. The lowest BCUT2D eigenvalue weighted by Gasteiger charge is -2.26. The molecular weight excluding hydrogens is 467 g/mol. The van der Waals surface area contributed by atoms with Crippen LogP contribution in [0.5, 0.6) is 5.75 Å². The number of carbonyl (C=O) groups excluding carboxylic acids is 1. The average Bonchev–Trinajstić information content (AvgIpc) is 2.84. The quantitative estimate of drug-likeness (QED) is 0.414. The fourth-order valence-corrected chi connectivity index (χ4v) is 3.80. The number of hydrogen-bond acceptors (Lipinski definition) is 4. The van der Waals surface area contributed by atoms with Crippen LogP contribution < -0.4 is 15.4 Å². The summed E-state index contributed by atoms with van der Waals surface area (Å²) in [6.07, 6.45) is -2.34. The van der Waals surface area contributed by atoms with Crippen molar-refractivity contribution in [3.05, 3.63) is 94.3 Å². The first-order chi connectivity index (χ1) is 16.2. The molecule has 0 aliphatic heterocycles. The van der Waals surface area contributed by atoms with Gasteiger partial charge in [-0.15, -0.1) is 0 Å². The van der Waals surface area contributed by atoms with E-state index in [4.69, 9.17) is 16.3 Å². The number of nitrogens with zero attached hydrogens (tertiary/aromatic N) is 1. The number of pyridine rings is 1. The lowest BCUT2D eigenvalue weighted by molar-refractivity contribution is -0.141. The van der Waals surface area contributed by atoms with Crippen molar-refractivity contribution in [3.8, 4) is 5.75 Å². The van der Waals surface area contributed by atoms with Crippen LogP contribution >= 0.6 is 11.6 Å². The number of likely N-dealkylation sites (N-methyl/N-ethyl adjacent to an activating group) is 1. The van der Waals surface area contributed by atoms with E-state index in [-0.39, 0.29) is 11.9 Å². The SMILES string of the molecule is CNC(=O)C(NC(CCc1ccc(C(F)(F)F)nc1)c1ccc(Cl)c(OC)c1)c1ccccc1. The first-order valence-corrected chi connectivity index (χ1v) is 11.0. The predicted molar refractivity (Wildman–Crippen MR) is 125 cm³/mol. The molecule has 9 heteroatoms. The van der Waals surface area contributed by atoms with Gasteiger partial charge in [0.2, 0.25) is 5.91 Å². The van der Waals surface area contributed by atoms with Crippen molar-refractivity contribution in [2.45, 2.75) is 31.1 Å². The Labute approximate surface area is 201 Å². The zero-order chi connectivity index (χ0) is 24.7. The fraction of sp³-hybridized carbons (Fsp3) is 0.280. The maximum Gasteiger partial charge on any atom is 0.433 e. The molecule has 2 N–H and O–H groups in total. The van der Waals surface area contributed by atoms with Gasteiger partial charge in [0, 0.05) is 19.3 Å². The van der Waals surface area contributed by atoms with Crippen LogP contribution in [-0.2, 0) is 17.4 Å². The van der Waals surface area contributed by atoms with Crippen molar-refractivity contribution in [1.29, 1.82) is 0 Å². The molecule has 3 aromatic rings. The summed E-state index contributed by atoms with van der Waals surface area (Å²) in [6, 6.07) is 16.0. The van der Waals surface area contributed by atoms with Gasteiger partial charge in [0.25, 0.3) is 0 Å². The summed E-state index contributed by atoms with van der Waals surface area (Å²) in [6.45, 7) is 0. The first kappa shape index (κ1) is 25.5. The smallest absolute Gasteiger partial charge is 0.433 e. The number of carbonyl (C=O) groups is 1. The Balaban J connectivity index is 1.89. The third-order valence-electron chi connectivity index (χ3n) is 5.42. The molecule has 1 heterocycles. The lowest BCUT2D eigenvalue weighted by Crippen LogP contribution is -2.38. The molecule has 3 rings (SSSR count). The summed E-state index contributed by atoms with van der Waals surface area (Å²) < 4.78 is 43.9. The molecule has 0 bridgehead atoms. The molecule has 0 saturated carbocycles. The number of amides is 1. The second-order valence-corrected chi connectivity index (χ2v) is 8.07. The van der Waals surface area contributed by atoms with E-state index in [0.29, 0.717) is 29.2 Å². The van der Waals surface area contributed by atoms with Crippen molar-refractivity contribution in [2.24, 2.45) is 0 Å². The van der Waals surface area contributed by atoms with Crippen LogP contribution in [0.25, 0.3) is 0 Å². The van der Waals surface area contributed by atoms with Crippen LogP contribution in [0, 0.1) is 0 Å². The predicted octanol–water partition coefficient (Wildman–Crippen LogP) is 5.51. The van der Waals surface area contributed by atoms with Crippen LogP contribution in [0.3, 0.4) is 0 Å². The highest BCUT2D eigenvalue weighted by molar-refractivity contribution is 6.32. The maximum atomic E-state index is 12.8. The van der Waals surface area contributed by atoms with Gasteiger partial charge < -0.3 is 10.1 Å². The Morgan fingerprint density at radius 2 is 1.82 bits per heavy atom. The summed E-state index contributed by atoms with van der Waals surface area (Å²) in [5, 5.41) is 6.53. The highest BCUT2D eigenvalue weighted by atomic mass is 35.5. The summed E-state index contributed by atoms with van der Waals surface area (Å²) in [5.41, 5.74) is 1.32. The number of aryl methyl sites for hydroxylation is 1. The van der Waals surface area contributed by atoms with Gasteiger partial charge in [-0.1, -0.05) is 54.1 Å². The lowest BCUT2D eigenvalue weighted by atomic mass is 9.96. The minimum atomic E-state index is -4.49. The summed E-state index contributed by atoms with van der Waals surface area (Å²) in [7, 11) is 3.08. The highest BCUT2D eigenvalue weighted by Crippen LogP contribution is 2.32. The van der Waals surface area contributed by atoms with Gasteiger partial charge in [-0.05, 0) is 47.7 Å². The van der Waals surface area contributed by atoms with Crippen LogP contribution in [0.1, 0.15) is 40.9 Å². The molecule has 0 spiro atoms. The molecule has 0 aliphatic rings. The Bertz CT molecular complexity index is 1090. The maximum absolute atomic E-state index is 12.8. The van der Waals surface area contributed by atoms with Gasteiger partial charge in [-0.25, -0.2) is 0 Å². The molecule has 0 radical (unpaired) electrons. The number of halogens is 4. The van der Waals surface area contributed by atoms with E-state index in [0.717, 1.165) is 17.2 Å². The molecule has 0 saturated heterocycles. The minimum Gasteiger partial charge on any atom is -0.495 e. The molecule has 34 heavy (non-hydrogen) atoms. The molecule has 1 amide bonds. The van der Waals surface area contributed by atoms with Crippen molar-refractivity contribution in [3.63, 3.8) is 0 Å². The molecule has 0 fully saturated rings. The number of benzene rings is 2. The molecule has 0 aliphatic carbocycles. The van der Waals surface area contributed by atoms with Crippen LogP contribution in [0.15, 0.2) is 66.9 Å². The van der Waals surface area contributed by atoms with Gasteiger partial charge in [0.15, 0.2) is 0 Å². The van der Waals surface area contributed by atoms with E-state index in [2.05, 4.69) is 15.6 Å². The van der Waals surface area contributed by atoms with Crippen LogP contribution in [-0.4, -0.2) is 25.0 Å². The molecule has 2 aromatic carbocycles. The number of hydrogen-bond donors (Lipinski definition) is 2. The van der Waals surface area contributed by atoms with Gasteiger partial charge in [-0.3, -0.25) is 15.1 Å². The first-order valence-electron chi connectivity index (χ1n) is 10.6.